The molecule has 15 heavy (non-hydrogen) atoms. The van der Waals surface area contributed by atoms with Gasteiger partial charge in [-0.3, -0.25) is 0 Å². The molecular weight excluding hydrogens is 198 g/mol. The number of benzene rings is 1. The van der Waals surface area contributed by atoms with Gasteiger partial charge in [-0.25, -0.2) is 4.79 Å². The van der Waals surface area contributed by atoms with Crippen LogP contribution < -0.4 is 9.47 Å². The van der Waals surface area contributed by atoms with E-state index in [1.165, 1.54) is 0 Å². The summed E-state index contributed by atoms with van der Waals surface area (Å²) in [5.41, 5.74) is 0.778. The molecule has 2 heterocycles. The Morgan fingerprint density at radius 3 is 3.07 bits per heavy atom. The first-order valence-corrected chi connectivity index (χ1v) is 4.41. The van der Waals surface area contributed by atoms with E-state index in [9.17, 15) is 4.79 Å². The summed E-state index contributed by atoms with van der Waals surface area (Å²) < 4.78 is 10.4. The van der Waals surface area contributed by atoms with Gasteiger partial charge in [0.05, 0.1) is 10.9 Å². The molecule has 0 unspecified atom stereocenters. The number of carboxylic acids is 1. The number of rotatable bonds is 1. The van der Waals surface area contributed by atoms with Crippen LogP contribution in [-0.4, -0.2) is 22.9 Å². The Hall–Kier alpha value is -2.17. The highest BCUT2D eigenvalue weighted by Crippen LogP contribution is 2.39. The lowest BCUT2D eigenvalue weighted by Crippen LogP contribution is -2.11. The second-order valence-corrected chi connectivity index (χ2v) is 3.22. The maximum absolute atomic E-state index is 10.9. The number of ether oxygens (including phenoxy) is 2. The van der Waals surface area contributed by atoms with E-state index in [-0.39, 0.29) is 12.5 Å². The Kier molecular flexibility index (Phi) is 1.45. The monoisotopic (exact) mass is 205 g/mol. The zero-order valence-corrected chi connectivity index (χ0v) is 7.61. The summed E-state index contributed by atoms with van der Waals surface area (Å²) in [6.45, 7) is 0.0459. The molecule has 0 saturated carbocycles. The summed E-state index contributed by atoms with van der Waals surface area (Å²) >= 11 is 0. The van der Waals surface area contributed by atoms with Crippen LogP contribution in [0.15, 0.2) is 18.2 Å². The van der Waals surface area contributed by atoms with Crippen LogP contribution in [0, 0.1) is 0 Å². The van der Waals surface area contributed by atoms with Gasteiger partial charge < -0.3 is 19.6 Å². The van der Waals surface area contributed by atoms with Crippen LogP contribution in [0.2, 0.25) is 0 Å². The molecule has 2 N–H and O–H groups in total. The zero-order chi connectivity index (χ0) is 10.4. The van der Waals surface area contributed by atoms with Crippen LogP contribution in [-0.2, 0) is 0 Å². The molecule has 5 heteroatoms. The zero-order valence-electron chi connectivity index (χ0n) is 7.61. The SMILES string of the molecule is O=C(O)c1[nH]c2cccc3c2c1OCO3. The van der Waals surface area contributed by atoms with Gasteiger partial charge in [-0.05, 0) is 12.1 Å². The number of nitrogens with one attached hydrogen (secondary N) is 1. The Bertz CT molecular complexity index is 558. The first-order chi connectivity index (χ1) is 7.27. The molecule has 0 spiro atoms. The van der Waals surface area contributed by atoms with Crippen molar-refractivity contribution in [2.24, 2.45) is 0 Å². The second-order valence-electron chi connectivity index (χ2n) is 3.22. The first kappa shape index (κ1) is 8.16. The van der Waals surface area contributed by atoms with Crippen molar-refractivity contribution in [3.8, 4) is 11.5 Å². The maximum Gasteiger partial charge on any atom is 0.356 e. The lowest BCUT2D eigenvalue weighted by molar-refractivity contribution is 0.0674. The van der Waals surface area contributed by atoms with Crippen molar-refractivity contribution >= 4 is 16.9 Å². The molecule has 5 nitrogen and oxygen atoms in total. The molecule has 0 fully saturated rings. The highest BCUT2D eigenvalue weighted by molar-refractivity contribution is 6.03. The van der Waals surface area contributed by atoms with Crippen molar-refractivity contribution in [1.29, 1.82) is 0 Å². The predicted molar refractivity (Wildman–Crippen MR) is 51.4 cm³/mol. The number of aromatic carboxylic acids is 1. The average Bonchev–Trinajstić information content (AvgIpc) is 2.61. The molecule has 0 radical (unpaired) electrons. The molecular formula is C10H7NO4. The third-order valence-electron chi connectivity index (χ3n) is 2.37. The minimum Gasteiger partial charge on any atom is -0.476 e. The van der Waals surface area contributed by atoms with Crippen molar-refractivity contribution in [2.45, 2.75) is 0 Å². The highest BCUT2D eigenvalue weighted by atomic mass is 16.7. The van der Waals surface area contributed by atoms with E-state index < -0.39 is 5.97 Å². The summed E-state index contributed by atoms with van der Waals surface area (Å²) in [4.78, 5) is 13.7. The van der Waals surface area contributed by atoms with Crippen LogP contribution in [0.3, 0.4) is 0 Å². The summed E-state index contributed by atoms with van der Waals surface area (Å²) in [7, 11) is 0. The van der Waals surface area contributed by atoms with Crippen LogP contribution in [0.5, 0.6) is 11.5 Å². The molecule has 0 aliphatic carbocycles. The van der Waals surface area contributed by atoms with Gasteiger partial charge in [0.15, 0.2) is 11.4 Å². The number of carbonyl (C=O) groups is 1. The molecule has 1 aliphatic rings. The van der Waals surface area contributed by atoms with E-state index in [1.807, 2.05) is 0 Å². The lowest BCUT2D eigenvalue weighted by Gasteiger charge is -2.15. The van der Waals surface area contributed by atoms with Crippen LogP contribution in [0.25, 0.3) is 10.9 Å². The Morgan fingerprint density at radius 1 is 1.40 bits per heavy atom. The van der Waals surface area contributed by atoms with Crippen molar-refractivity contribution in [1.82, 2.24) is 4.98 Å². The molecule has 0 atom stereocenters. The van der Waals surface area contributed by atoms with Gasteiger partial charge in [-0.2, -0.15) is 0 Å². The quantitative estimate of drug-likeness (QED) is 0.741. The largest absolute Gasteiger partial charge is 0.476 e. The molecule has 2 aromatic rings. The third-order valence-corrected chi connectivity index (χ3v) is 2.37. The number of hydrogen-bond donors (Lipinski definition) is 2. The number of hydrogen-bond acceptors (Lipinski definition) is 3. The molecule has 76 valence electrons. The third kappa shape index (κ3) is 0.999. The van der Waals surface area contributed by atoms with Crippen molar-refractivity contribution in [3.05, 3.63) is 23.9 Å². The minimum atomic E-state index is -1.03. The van der Waals surface area contributed by atoms with Gasteiger partial charge in [0.2, 0.25) is 6.79 Å². The molecule has 1 aliphatic heterocycles. The van der Waals surface area contributed by atoms with E-state index in [0.717, 1.165) is 0 Å². The van der Waals surface area contributed by atoms with Gasteiger partial charge in [-0.15, -0.1) is 0 Å². The standard InChI is InChI=1S/C10H7NO4/c12-10(13)8-9-7-5(11-8)2-1-3-6(7)14-4-15-9/h1-3,11H,4H2,(H,12,13). The van der Waals surface area contributed by atoms with Crippen molar-refractivity contribution in [3.63, 3.8) is 0 Å². The fraction of sp³-hybridized carbons (Fsp3) is 0.100. The average molecular weight is 205 g/mol. The Morgan fingerprint density at radius 2 is 2.27 bits per heavy atom. The van der Waals surface area contributed by atoms with E-state index >= 15 is 0 Å². The fourth-order valence-electron chi connectivity index (χ4n) is 1.75. The Labute approximate surface area is 84.2 Å². The van der Waals surface area contributed by atoms with Crippen LogP contribution in [0.1, 0.15) is 10.5 Å². The fourth-order valence-corrected chi connectivity index (χ4v) is 1.75. The molecule has 1 aromatic heterocycles. The van der Waals surface area contributed by atoms with Crippen LogP contribution in [0.4, 0.5) is 0 Å². The summed E-state index contributed by atoms with van der Waals surface area (Å²) in [5.74, 6) is -0.0223. The smallest absolute Gasteiger partial charge is 0.356 e. The van der Waals surface area contributed by atoms with Gasteiger partial charge in [0, 0.05) is 0 Å². The molecule has 0 amide bonds. The van der Waals surface area contributed by atoms with Gasteiger partial charge in [0.25, 0.3) is 0 Å². The topological polar surface area (TPSA) is 71.5 Å². The van der Waals surface area contributed by atoms with Gasteiger partial charge in [0.1, 0.15) is 5.75 Å². The number of aromatic nitrogens is 1. The summed E-state index contributed by atoms with van der Waals surface area (Å²) in [5, 5.41) is 9.66. The van der Waals surface area contributed by atoms with E-state index in [2.05, 4.69) is 4.98 Å². The molecule has 0 saturated heterocycles. The van der Waals surface area contributed by atoms with Gasteiger partial charge >= 0.3 is 5.97 Å². The molecule has 0 bridgehead atoms. The van der Waals surface area contributed by atoms with E-state index in [0.29, 0.717) is 22.4 Å². The van der Waals surface area contributed by atoms with Gasteiger partial charge in [-0.1, -0.05) is 6.07 Å². The van der Waals surface area contributed by atoms with E-state index in [1.54, 1.807) is 18.2 Å². The number of carboxylic acid groups (broad SMARTS) is 1. The van der Waals surface area contributed by atoms with E-state index in [4.69, 9.17) is 14.6 Å². The lowest BCUT2D eigenvalue weighted by atomic mass is 10.2. The second kappa shape index (κ2) is 2.66. The maximum atomic E-state index is 10.9. The molecule has 1 aromatic carbocycles. The number of H-pyrrole nitrogens is 1. The predicted octanol–water partition coefficient (Wildman–Crippen LogP) is 1.59. The summed E-state index contributed by atoms with van der Waals surface area (Å²) in [6, 6.07) is 5.37. The Balaban J connectivity index is 2.43. The van der Waals surface area contributed by atoms with Crippen molar-refractivity contribution < 1.29 is 19.4 Å². The minimum absolute atomic E-state index is 0.0459. The van der Waals surface area contributed by atoms with Crippen molar-refractivity contribution in [2.75, 3.05) is 6.79 Å². The van der Waals surface area contributed by atoms with Crippen LogP contribution >= 0.6 is 0 Å². The number of aromatic amines is 1. The highest BCUT2D eigenvalue weighted by Gasteiger charge is 2.24. The normalized spacial score (nSPS) is 13.3. The molecule has 3 rings (SSSR count). The first-order valence-electron chi connectivity index (χ1n) is 4.41. The summed E-state index contributed by atoms with van der Waals surface area (Å²) in [6.07, 6.45) is 0.